The number of carbonyl (C=O) groups excluding carboxylic acids is 1. The Morgan fingerprint density at radius 3 is 2.48 bits per heavy atom. The smallest absolute Gasteiger partial charge is 0.427 e. The molecule has 0 radical (unpaired) electrons. The van der Waals surface area contributed by atoms with E-state index in [1.54, 1.807) is 42.5 Å². The zero-order valence-corrected chi connectivity index (χ0v) is 16.2. The van der Waals surface area contributed by atoms with Gasteiger partial charge in [0.1, 0.15) is 0 Å². The molecule has 0 atom stereocenters. The second kappa shape index (κ2) is 8.61. The normalized spacial score (nSPS) is 10.4. The van der Waals surface area contributed by atoms with E-state index in [2.05, 4.69) is 10.5 Å². The highest BCUT2D eigenvalue weighted by Crippen LogP contribution is 2.31. The molecule has 0 spiro atoms. The third-order valence-corrected chi connectivity index (χ3v) is 4.33. The molecule has 1 amide bonds. The van der Waals surface area contributed by atoms with Crippen molar-refractivity contribution < 1.29 is 23.7 Å². The Morgan fingerprint density at radius 1 is 1.17 bits per heavy atom. The van der Waals surface area contributed by atoms with Gasteiger partial charge in [-0.15, -0.1) is 0 Å². The quantitative estimate of drug-likeness (QED) is 0.458. The van der Waals surface area contributed by atoms with E-state index in [9.17, 15) is 14.9 Å². The van der Waals surface area contributed by atoms with E-state index in [0.717, 1.165) is 0 Å². The molecule has 0 aliphatic rings. The number of nitrogens with one attached hydrogen (secondary N) is 1. The molecule has 0 bridgehead atoms. The number of nitro groups is 1. The number of nitrogens with zero attached hydrogens (tertiary/aromatic N) is 2. The molecule has 1 N–H and O–H groups in total. The van der Waals surface area contributed by atoms with Gasteiger partial charge in [-0.05, 0) is 46.9 Å². The number of halogens is 1. The zero-order chi connectivity index (χ0) is 21.0. The Labute approximate surface area is 170 Å². The fraction of sp³-hybridized carbons (Fsp3) is 0.158. The number of ether oxygens (including phenoxy) is 2. The van der Waals surface area contributed by atoms with Crippen molar-refractivity contribution in [3.8, 4) is 22.8 Å². The number of methoxy groups -OCH3 is 2. The van der Waals surface area contributed by atoms with Crippen molar-refractivity contribution in [1.29, 1.82) is 0 Å². The van der Waals surface area contributed by atoms with E-state index in [-0.39, 0.29) is 17.9 Å². The van der Waals surface area contributed by atoms with Crippen molar-refractivity contribution >= 4 is 23.3 Å². The number of amides is 1. The molecule has 150 valence electrons. The highest BCUT2D eigenvalue weighted by molar-refractivity contribution is 6.30. The maximum Gasteiger partial charge on any atom is 0.427 e. The van der Waals surface area contributed by atoms with Crippen LogP contribution in [0.25, 0.3) is 11.3 Å². The third kappa shape index (κ3) is 4.30. The molecule has 0 fully saturated rings. The lowest BCUT2D eigenvalue weighted by Gasteiger charge is -2.10. The maximum atomic E-state index is 12.7. The maximum absolute atomic E-state index is 12.7. The molecule has 0 aliphatic heterocycles. The van der Waals surface area contributed by atoms with Crippen LogP contribution in [0.4, 0.5) is 5.82 Å². The molecular weight excluding hydrogens is 402 g/mol. The van der Waals surface area contributed by atoms with Crippen molar-refractivity contribution in [2.45, 2.75) is 6.54 Å². The fourth-order valence-corrected chi connectivity index (χ4v) is 2.80. The van der Waals surface area contributed by atoms with Crippen molar-refractivity contribution in [3.63, 3.8) is 0 Å². The predicted octanol–water partition coefficient (Wildman–Crippen LogP) is 3.85. The second-order valence-electron chi connectivity index (χ2n) is 5.85. The van der Waals surface area contributed by atoms with Gasteiger partial charge in [0.15, 0.2) is 22.2 Å². The van der Waals surface area contributed by atoms with Crippen LogP contribution in [0.2, 0.25) is 5.02 Å². The highest BCUT2D eigenvalue weighted by atomic mass is 35.5. The van der Waals surface area contributed by atoms with Crippen LogP contribution in [0.5, 0.6) is 11.5 Å². The monoisotopic (exact) mass is 417 g/mol. The topological polar surface area (TPSA) is 117 Å². The van der Waals surface area contributed by atoms with Crippen LogP contribution < -0.4 is 14.8 Å². The van der Waals surface area contributed by atoms with Crippen LogP contribution in [-0.4, -0.2) is 30.2 Å². The lowest BCUT2D eigenvalue weighted by atomic mass is 10.1. The molecule has 9 nitrogen and oxygen atoms in total. The van der Waals surface area contributed by atoms with Gasteiger partial charge in [0.2, 0.25) is 5.76 Å². The number of hydrogen-bond donors (Lipinski definition) is 1. The van der Waals surface area contributed by atoms with Gasteiger partial charge in [0.05, 0.1) is 14.2 Å². The minimum Gasteiger partial charge on any atom is -0.493 e. The minimum absolute atomic E-state index is 0.0156. The summed E-state index contributed by atoms with van der Waals surface area (Å²) in [5.74, 6) is -0.338. The van der Waals surface area contributed by atoms with Gasteiger partial charge in [-0.25, -0.2) is 0 Å². The highest BCUT2D eigenvalue weighted by Gasteiger charge is 2.32. The summed E-state index contributed by atoms with van der Waals surface area (Å²) in [7, 11) is 3.02. The van der Waals surface area contributed by atoms with Crippen molar-refractivity contribution in [2.75, 3.05) is 14.2 Å². The number of aromatic nitrogens is 1. The summed E-state index contributed by atoms with van der Waals surface area (Å²) in [6, 6.07) is 11.5. The first kappa shape index (κ1) is 20.2. The molecule has 3 aromatic rings. The number of carbonyl (C=O) groups is 1. The third-order valence-electron chi connectivity index (χ3n) is 4.08. The van der Waals surface area contributed by atoms with Crippen LogP contribution in [0.15, 0.2) is 47.0 Å². The van der Waals surface area contributed by atoms with E-state index >= 15 is 0 Å². The van der Waals surface area contributed by atoms with E-state index in [1.165, 1.54) is 14.2 Å². The van der Waals surface area contributed by atoms with Crippen molar-refractivity contribution in [3.05, 3.63) is 68.7 Å². The molecule has 3 rings (SSSR count). The first-order chi connectivity index (χ1) is 13.9. The second-order valence-corrected chi connectivity index (χ2v) is 6.28. The van der Waals surface area contributed by atoms with Gasteiger partial charge >= 0.3 is 5.82 Å². The largest absolute Gasteiger partial charge is 0.493 e. The molecule has 29 heavy (non-hydrogen) atoms. The summed E-state index contributed by atoms with van der Waals surface area (Å²) < 4.78 is 15.5. The summed E-state index contributed by atoms with van der Waals surface area (Å²) in [6.45, 7) is 0.0988. The molecule has 0 unspecified atom stereocenters. The van der Waals surface area contributed by atoms with Gasteiger partial charge in [-0.3, -0.25) is 9.32 Å². The summed E-state index contributed by atoms with van der Waals surface area (Å²) in [5.41, 5.74) is 0.882. The molecule has 1 heterocycles. The van der Waals surface area contributed by atoms with Crippen LogP contribution >= 0.6 is 11.6 Å². The fourth-order valence-electron chi connectivity index (χ4n) is 2.67. The Bertz CT molecular complexity index is 1050. The van der Waals surface area contributed by atoms with E-state index in [1.807, 2.05) is 0 Å². The summed E-state index contributed by atoms with van der Waals surface area (Å²) >= 11 is 5.87. The average molecular weight is 418 g/mol. The Morgan fingerprint density at radius 2 is 1.86 bits per heavy atom. The number of rotatable bonds is 7. The Hall–Kier alpha value is -3.59. The van der Waals surface area contributed by atoms with Gasteiger partial charge in [0.25, 0.3) is 5.91 Å². The van der Waals surface area contributed by atoms with E-state index in [4.69, 9.17) is 25.6 Å². The average Bonchev–Trinajstić information content (AvgIpc) is 3.17. The lowest BCUT2D eigenvalue weighted by Crippen LogP contribution is -2.23. The Kier molecular flexibility index (Phi) is 5.99. The number of benzene rings is 2. The molecule has 0 saturated heterocycles. The lowest BCUT2D eigenvalue weighted by molar-refractivity contribution is -0.391. The van der Waals surface area contributed by atoms with Gasteiger partial charge < -0.3 is 24.9 Å². The van der Waals surface area contributed by atoms with Gasteiger partial charge in [-0.1, -0.05) is 17.7 Å². The summed E-state index contributed by atoms with van der Waals surface area (Å²) in [6.07, 6.45) is 0. The summed E-state index contributed by atoms with van der Waals surface area (Å²) in [4.78, 5) is 23.3. The van der Waals surface area contributed by atoms with Crippen molar-refractivity contribution in [1.82, 2.24) is 10.5 Å². The molecule has 10 heteroatoms. The van der Waals surface area contributed by atoms with E-state index < -0.39 is 16.6 Å². The van der Waals surface area contributed by atoms with Crippen LogP contribution in [-0.2, 0) is 6.54 Å². The molecule has 0 saturated carbocycles. The minimum atomic E-state index is -0.770. The zero-order valence-electron chi connectivity index (χ0n) is 15.5. The molecule has 2 aromatic carbocycles. The molecule has 1 aromatic heterocycles. The molecular formula is C19H16ClN3O6. The van der Waals surface area contributed by atoms with Crippen LogP contribution in [0.3, 0.4) is 0 Å². The molecule has 0 aliphatic carbocycles. The number of hydrogen-bond acceptors (Lipinski definition) is 7. The first-order valence-corrected chi connectivity index (χ1v) is 8.71. The Balaban J connectivity index is 1.87. The van der Waals surface area contributed by atoms with Crippen LogP contribution in [0, 0.1) is 10.1 Å². The van der Waals surface area contributed by atoms with Gasteiger partial charge in [0, 0.05) is 17.1 Å². The predicted molar refractivity (Wildman–Crippen MR) is 104 cm³/mol. The SMILES string of the molecule is COc1ccc(CNC(=O)c2c([N+](=O)[O-])noc2-c2ccc(Cl)cc2)cc1OC. The van der Waals surface area contributed by atoms with Crippen LogP contribution in [0.1, 0.15) is 15.9 Å². The van der Waals surface area contributed by atoms with E-state index in [0.29, 0.717) is 27.6 Å². The standard InChI is InChI=1S/C19H16ClN3O6/c1-27-14-8-3-11(9-15(14)28-2)10-21-19(24)16-17(29-22-18(16)23(25)26)12-4-6-13(20)7-5-12/h3-9H,10H2,1-2H3,(H,21,24). The summed E-state index contributed by atoms with van der Waals surface area (Å²) in [5, 5.41) is 17.9. The van der Waals surface area contributed by atoms with Gasteiger partial charge in [-0.2, -0.15) is 0 Å². The first-order valence-electron chi connectivity index (χ1n) is 8.33. The van der Waals surface area contributed by atoms with Crippen molar-refractivity contribution in [2.24, 2.45) is 0 Å².